The Balaban J connectivity index is 1.75. The molecule has 0 radical (unpaired) electrons. The number of hydrogen-bond donors (Lipinski definition) is 0. The third-order valence-corrected chi connectivity index (χ3v) is 9.06. The number of alkyl halides is 2. The molecule has 0 unspecified atom stereocenters. The average Bonchev–Trinajstić information content (AvgIpc) is 3.50. The molecule has 9 heteroatoms. The SMILES string of the molecule is CCc1ccc(OC)cc1-n1c(CC(C)C)c(C(=O)N2CCC[C@H](C)C2)cc(-c2nc(-c3ccc(C(F)F)cc3)cs2)c1=O. The van der Waals surface area contributed by atoms with Crippen molar-refractivity contribution in [2.45, 2.75) is 59.8 Å². The molecule has 1 saturated heterocycles. The average molecular weight is 620 g/mol. The number of amides is 1. The number of thiazole rings is 1. The topological polar surface area (TPSA) is 64.4 Å². The van der Waals surface area contributed by atoms with E-state index in [0.717, 1.165) is 18.4 Å². The molecule has 1 amide bonds. The molecule has 1 aliphatic heterocycles. The number of likely N-dealkylation sites (tertiary alicyclic amines) is 1. The van der Waals surface area contributed by atoms with Crippen LogP contribution in [0.1, 0.15) is 74.1 Å². The minimum Gasteiger partial charge on any atom is -0.497 e. The fraction of sp³-hybridized carbons (Fsp3) is 0.400. The normalized spacial score (nSPS) is 15.3. The first-order valence-corrected chi connectivity index (χ1v) is 16.1. The second kappa shape index (κ2) is 13.4. The predicted octanol–water partition coefficient (Wildman–Crippen LogP) is 8.21. The molecule has 44 heavy (non-hydrogen) atoms. The summed E-state index contributed by atoms with van der Waals surface area (Å²) in [6.07, 6.45) is 0.674. The minimum absolute atomic E-state index is 0.0620. The van der Waals surface area contributed by atoms with Crippen LogP contribution in [0.5, 0.6) is 5.75 Å². The van der Waals surface area contributed by atoms with Crippen LogP contribution in [0.4, 0.5) is 8.78 Å². The summed E-state index contributed by atoms with van der Waals surface area (Å²) >= 11 is 1.30. The van der Waals surface area contributed by atoms with Crippen LogP contribution in [-0.4, -0.2) is 40.6 Å². The number of hydrogen-bond acceptors (Lipinski definition) is 5. The Morgan fingerprint density at radius 2 is 1.89 bits per heavy atom. The highest BCUT2D eigenvalue weighted by Gasteiger charge is 2.29. The molecule has 3 heterocycles. The highest BCUT2D eigenvalue weighted by molar-refractivity contribution is 7.13. The fourth-order valence-electron chi connectivity index (χ4n) is 5.89. The Labute approximate surface area is 261 Å². The van der Waals surface area contributed by atoms with Crippen molar-refractivity contribution in [3.05, 3.63) is 86.6 Å². The van der Waals surface area contributed by atoms with Crippen molar-refractivity contribution < 1.29 is 18.3 Å². The minimum atomic E-state index is -2.55. The van der Waals surface area contributed by atoms with Gasteiger partial charge in [-0.15, -0.1) is 11.3 Å². The van der Waals surface area contributed by atoms with Gasteiger partial charge in [0.1, 0.15) is 10.8 Å². The maximum absolute atomic E-state index is 14.6. The van der Waals surface area contributed by atoms with E-state index in [9.17, 15) is 18.4 Å². The second-order valence-corrected chi connectivity index (χ2v) is 12.8. The standard InChI is InChI=1S/C35H39F2N3O3S/c1-6-23-13-14-26(43-5)17-30(23)40-31(16-21(2)3)27(34(41)39-15-7-8-22(4)19-39)18-28(35(40)42)33-38-29(20-44-33)24-9-11-25(12-10-24)32(36)37/h9-14,17-18,20-22,32H,6-8,15-16,19H2,1-5H3/t22-/m0/s1. The van der Waals surface area contributed by atoms with Crippen molar-refractivity contribution in [2.24, 2.45) is 11.8 Å². The number of piperidine rings is 1. The Kier molecular flexibility index (Phi) is 9.63. The maximum atomic E-state index is 14.6. The molecule has 4 aromatic rings. The van der Waals surface area contributed by atoms with Gasteiger partial charge in [0, 0.05) is 41.4 Å². The molecule has 5 rings (SSSR count). The lowest BCUT2D eigenvalue weighted by Gasteiger charge is -2.32. The van der Waals surface area contributed by atoms with Gasteiger partial charge in [-0.25, -0.2) is 13.8 Å². The number of carbonyl (C=O) groups excluding carboxylic acids is 1. The van der Waals surface area contributed by atoms with Crippen molar-refractivity contribution in [1.29, 1.82) is 0 Å². The fourth-order valence-corrected chi connectivity index (χ4v) is 6.72. The van der Waals surface area contributed by atoms with E-state index in [2.05, 4.69) is 20.8 Å². The molecular formula is C35H39F2N3O3S. The molecule has 2 aromatic carbocycles. The third kappa shape index (κ3) is 6.48. The number of rotatable bonds is 9. The van der Waals surface area contributed by atoms with E-state index < -0.39 is 6.43 Å². The number of pyridine rings is 1. The zero-order chi connectivity index (χ0) is 31.5. The lowest BCUT2D eigenvalue weighted by Crippen LogP contribution is -2.40. The van der Waals surface area contributed by atoms with Gasteiger partial charge in [-0.3, -0.25) is 14.2 Å². The summed E-state index contributed by atoms with van der Waals surface area (Å²) in [4.78, 5) is 35.6. The van der Waals surface area contributed by atoms with E-state index in [0.29, 0.717) is 76.4 Å². The number of aryl methyl sites for hydroxylation is 1. The van der Waals surface area contributed by atoms with Gasteiger partial charge < -0.3 is 9.64 Å². The summed E-state index contributed by atoms with van der Waals surface area (Å²) in [6.45, 7) is 9.71. The van der Waals surface area contributed by atoms with E-state index >= 15 is 0 Å². The van der Waals surface area contributed by atoms with Crippen LogP contribution in [0.15, 0.2) is 58.7 Å². The number of methoxy groups -OCH3 is 1. The van der Waals surface area contributed by atoms with Crippen LogP contribution in [0.2, 0.25) is 0 Å². The van der Waals surface area contributed by atoms with Crippen LogP contribution in [0, 0.1) is 11.8 Å². The molecule has 0 saturated carbocycles. The van der Waals surface area contributed by atoms with Crippen LogP contribution >= 0.6 is 11.3 Å². The number of carbonyl (C=O) groups is 1. The first-order chi connectivity index (χ1) is 21.1. The molecule has 1 fully saturated rings. The highest BCUT2D eigenvalue weighted by Crippen LogP contribution is 2.33. The summed E-state index contributed by atoms with van der Waals surface area (Å²) in [5.41, 5.74) is 4.09. The van der Waals surface area contributed by atoms with Crippen LogP contribution in [0.25, 0.3) is 27.5 Å². The summed E-state index contributed by atoms with van der Waals surface area (Å²) in [6, 6.07) is 13.4. The molecular weight excluding hydrogens is 580 g/mol. The molecule has 2 aromatic heterocycles. The summed E-state index contributed by atoms with van der Waals surface area (Å²) in [5.74, 6) is 1.11. The van der Waals surface area contributed by atoms with Gasteiger partial charge in [-0.05, 0) is 55.2 Å². The van der Waals surface area contributed by atoms with Gasteiger partial charge in [-0.2, -0.15) is 0 Å². The van der Waals surface area contributed by atoms with Gasteiger partial charge >= 0.3 is 0 Å². The van der Waals surface area contributed by atoms with Crippen molar-refractivity contribution >= 4 is 17.2 Å². The van der Waals surface area contributed by atoms with Gasteiger partial charge in [0.25, 0.3) is 17.9 Å². The molecule has 1 aliphatic rings. The first-order valence-electron chi connectivity index (χ1n) is 15.2. The van der Waals surface area contributed by atoms with Crippen LogP contribution in [0.3, 0.4) is 0 Å². The molecule has 232 valence electrons. The van der Waals surface area contributed by atoms with Crippen molar-refractivity contribution in [2.75, 3.05) is 20.2 Å². The molecule has 6 nitrogen and oxygen atoms in total. The van der Waals surface area contributed by atoms with E-state index in [-0.39, 0.29) is 22.9 Å². The van der Waals surface area contributed by atoms with Gasteiger partial charge in [-0.1, -0.05) is 58.0 Å². The predicted molar refractivity (Wildman–Crippen MR) is 172 cm³/mol. The number of ether oxygens (including phenoxy) is 1. The number of benzene rings is 2. The van der Waals surface area contributed by atoms with Gasteiger partial charge in [0.15, 0.2) is 0 Å². The summed E-state index contributed by atoms with van der Waals surface area (Å²) < 4.78 is 33.5. The molecule has 0 aliphatic carbocycles. The van der Waals surface area contributed by atoms with E-state index in [1.54, 1.807) is 29.9 Å². The molecule has 0 bridgehead atoms. The molecule has 0 N–H and O–H groups in total. The summed E-state index contributed by atoms with van der Waals surface area (Å²) in [7, 11) is 1.59. The van der Waals surface area contributed by atoms with E-state index in [1.807, 2.05) is 35.4 Å². The summed E-state index contributed by atoms with van der Waals surface area (Å²) in [5, 5.41) is 2.28. The van der Waals surface area contributed by atoms with Crippen molar-refractivity contribution in [3.63, 3.8) is 0 Å². The zero-order valence-electron chi connectivity index (χ0n) is 25.9. The molecule has 0 spiro atoms. The maximum Gasteiger partial charge on any atom is 0.265 e. The van der Waals surface area contributed by atoms with Crippen molar-refractivity contribution in [3.8, 4) is 33.3 Å². The Bertz CT molecular complexity index is 1690. The van der Waals surface area contributed by atoms with Crippen LogP contribution < -0.4 is 10.3 Å². The Morgan fingerprint density at radius 1 is 1.14 bits per heavy atom. The largest absolute Gasteiger partial charge is 0.497 e. The lowest BCUT2D eigenvalue weighted by atomic mass is 9.96. The smallest absolute Gasteiger partial charge is 0.265 e. The second-order valence-electron chi connectivity index (χ2n) is 12.0. The Hall–Kier alpha value is -3.85. The quantitative estimate of drug-likeness (QED) is 0.189. The van der Waals surface area contributed by atoms with E-state index in [4.69, 9.17) is 9.72 Å². The highest BCUT2D eigenvalue weighted by atomic mass is 32.1. The number of aromatic nitrogens is 2. The van der Waals surface area contributed by atoms with Crippen molar-refractivity contribution in [1.82, 2.24) is 14.5 Å². The van der Waals surface area contributed by atoms with Crippen LogP contribution in [-0.2, 0) is 12.8 Å². The van der Waals surface area contributed by atoms with E-state index in [1.165, 1.54) is 23.5 Å². The Morgan fingerprint density at radius 3 is 2.52 bits per heavy atom. The number of nitrogens with zero attached hydrogens (tertiary/aromatic N) is 3. The van der Waals surface area contributed by atoms with Gasteiger partial charge in [0.2, 0.25) is 0 Å². The lowest BCUT2D eigenvalue weighted by molar-refractivity contribution is 0.0680. The number of halogens is 2. The first kappa shape index (κ1) is 31.6. The van der Waals surface area contributed by atoms with Gasteiger partial charge in [0.05, 0.1) is 29.6 Å². The third-order valence-electron chi connectivity index (χ3n) is 8.19. The monoisotopic (exact) mass is 619 g/mol. The zero-order valence-corrected chi connectivity index (χ0v) is 26.7. The molecule has 1 atom stereocenters.